The summed E-state index contributed by atoms with van der Waals surface area (Å²) in [6.07, 6.45) is 3.88. The fourth-order valence-corrected chi connectivity index (χ4v) is 4.00. The Balaban J connectivity index is 1.94. The van der Waals surface area contributed by atoms with Crippen molar-refractivity contribution in [3.63, 3.8) is 0 Å². The van der Waals surface area contributed by atoms with Gasteiger partial charge in [0.15, 0.2) is 0 Å². The second-order valence-electron chi connectivity index (χ2n) is 5.55. The standard InChI is InChI=1S/C12H24N2S/c1-10-8-15-7-6-14(10)9-12(2)5-3-4-11(12)13/h10-11H,3-9,13H2,1-2H3. The summed E-state index contributed by atoms with van der Waals surface area (Å²) in [7, 11) is 0. The van der Waals surface area contributed by atoms with Crippen molar-refractivity contribution in [1.82, 2.24) is 4.90 Å². The van der Waals surface area contributed by atoms with Crippen LogP contribution >= 0.6 is 11.8 Å². The van der Waals surface area contributed by atoms with Crippen LogP contribution in [0, 0.1) is 5.41 Å². The van der Waals surface area contributed by atoms with Crippen molar-refractivity contribution < 1.29 is 0 Å². The molecule has 0 aromatic carbocycles. The zero-order valence-corrected chi connectivity index (χ0v) is 10.9. The Bertz CT molecular complexity index is 222. The molecule has 1 saturated heterocycles. The molecule has 1 saturated carbocycles. The van der Waals surface area contributed by atoms with Crippen LogP contribution in [0.2, 0.25) is 0 Å². The van der Waals surface area contributed by atoms with Crippen molar-refractivity contribution in [2.75, 3.05) is 24.6 Å². The van der Waals surface area contributed by atoms with E-state index in [4.69, 9.17) is 5.73 Å². The summed E-state index contributed by atoms with van der Waals surface area (Å²) >= 11 is 2.09. The smallest absolute Gasteiger partial charge is 0.0158 e. The van der Waals surface area contributed by atoms with Crippen LogP contribution in [0.25, 0.3) is 0 Å². The molecule has 2 aliphatic rings. The summed E-state index contributed by atoms with van der Waals surface area (Å²) in [5.41, 5.74) is 6.63. The molecule has 0 aromatic heterocycles. The SMILES string of the molecule is CC1CSCCN1CC1(C)CCCC1N. The number of hydrogen-bond acceptors (Lipinski definition) is 3. The van der Waals surface area contributed by atoms with Gasteiger partial charge in [-0.3, -0.25) is 4.90 Å². The molecule has 3 heteroatoms. The lowest BCUT2D eigenvalue weighted by atomic mass is 9.84. The van der Waals surface area contributed by atoms with Crippen molar-refractivity contribution >= 4 is 11.8 Å². The van der Waals surface area contributed by atoms with Gasteiger partial charge in [-0.1, -0.05) is 13.3 Å². The van der Waals surface area contributed by atoms with E-state index in [1.54, 1.807) is 0 Å². The van der Waals surface area contributed by atoms with Crippen molar-refractivity contribution in [3.05, 3.63) is 0 Å². The molecule has 0 amide bonds. The molecule has 0 radical (unpaired) electrons. The van der Waals surface area contributed by atoms with Gasteiger partial charge in [-0.15, -0.1) is 0 Å². The van der Waals surface area contributed by atoms with Gasteiger partial charge in [0.25, 0.3) is 0 Å². The third kappa shape index (κ3) is 2.51. The van der Waals surface area contributed by atoms with Crippen molar-refractivity contribution in [2.45, 2.75) is 45.2 Å². The quantitative estimate of drug-likeness (QED) is 0.783. The van der Waals surface area contributed by atoms with E-state index in [1.807, 2.05) is 0 Å². The molecule has 0 spiro atoms. The lowest BCUT2D eigenvalue weighted by Gasteiger charge is -2.40. The molecule has 0 bridgehead atoms. The Labute approximate surface area is 98.0 Å². The van der Waals surface area contributed by atoms with Crippen LogP contribution in [-0.4, -0.2) is 41.6 Å². The summed E-state index contributed by atoms with van der Waals surface area (Å²) in [6, 6.07) is 1.17. The van der Waals surface area contributed by atoms with Crippen LogP contribution < -0.4 is 5.73 Å². The molecule has 1 aliphatic carbocycles. The largest absolute Gasteiger partial charge is 0.327 e. The van der Waals surface area contributed by atoms with Crippen LogP contribution in [0.3, 0.4) is 0 Å². The van der Waals surface area contributed by atoms with Crippen LogP contribution in [0.15, 0.2) is 0 Å². The van der Waals surface area contributed by atoms with Gasteiger partial charge in [0.2, 0.25) is 0 Å². The fourth-order valence-electron chi connectivity index (χ4n) is 2.92. The Morgan fingerprint density at radius 2 is 2.33 bits per heavy atom. The van der Waals surface area contributed by atoms with E-state index in [1.165, 1.54) is 43.9 Å². The third-order valence-corrected chi connectivity index (χ3v) is 5.42. The van der Waals surface area contributed by atoms with Crippen LogP contribution in [0.4, 0.5) is 0 Å². The van der Waals surface area contributed by atoms with Crippen molar-refractivity contribution in [2.24, 2.45) is 11.1 Å². The van der Waals surface area contributed by atoms with Crippen LogP contribution in [0.5, 0.6) is 0 Å². The summed E-state index contributed by atoms with van der Waals surface area (Å²) in [5.74, 6) is 2.60. The maximum atomic E-state index is 6.24. The Morgan fingerprint density at radius 3 is 2.93 bits per heavy atom. The number of rotatable bonds is 2. The lowest BCUT2D eigenvalue weighted by Crippen LogP contribution is -2.50. The van der Waals surface area contributed by atoms with Crippen LogP contribution in [0.1, 0.15) is 33.1 Å². The molecule has 3 unspecified atom stereocenters. The van der Waals surface area contributed by atoms with Gasteiger partial charge < -0.3 is 5.73 Å². The zero-order chi connectivity index (χ0) is 10.9. The van der Waals surface area contributed by atoms with E-state index in [-0.39, 0.29) is 0 Å². The lowest BCUT2D eigenvalue weighted by molar-refractivity contribution is 0.130. The number of thioether (sulfide) groups is 1. The summed E-state index contributed by atoms with van der Waals surface area (Å²) in [4.78, 5) is 2.65. The zero-order valence-electron chi connectivity index (χ0n) is 10.0. The van der Waals surface area contributed by atoms with Gasteiger partial charge in [0, 0.05) is 36.7 Å². The molecule has 0 aromatic rings. The fraction of sp³-hybridized carbons (Fsp3) is 1.00. The molecular formula is C12H24N2S. The highest BCUT2D eigenvalue weighted by molar-refractivity contribution is 7.99. The molecule has 2 rings (SSSR count). The maximum absolute atomic E-state index is 6.24. The minimum absolute atomic E-state index is 0.385. The first-order valence-corrected chi connectivity index (χ1v) is 7.35. The molecule has 88 valence electrons. The van der Waals surface area contributed by atoms with Gasteiger partial charge in [0.05, 0.1) is 0 Å². The van der Waals surface area contributed by atoms with Crippen molar-refractivity contribution in [1.29, 1.82) is 0 Å². The first kappa shape index (κ1) is 11.7. The van der Waals surface area contributed by atoms with E-state index in [0.29, 0.717) is 11.5 Å². The van der Waals surface area contributed by atoms with Gasteiger partial charge in [0.1, 0.15) is 0 Å². The Kier molecular flexibility index (Phi) is 3.63. The van der Waals surface area contributed by atoms with E-state index < -0.39 is 0 Å². The minimum atomic E-state index is 0.385. The van der Waals surface area contributed by atoms with E-state index >= 15 is 0 Å². The maximum Gasteiger partial charge on any atom is 0.0158 e. The van der Waals surface area contributed by atoms with Crippen LogP contribution in [-0.2, 0) is 0 Å². The second kappa shape index (κ2) is 4.64. The normalized spacial score (nSPS) is 43.4. The topological polar surface area (TPSA) is 29.3 Å². The monoisotopic (exact) mass is 228 g/mol. The molecule has 3 atom stereocenters. The molecule has 1 aliphatic heterocycles. The highest BCUT2D eigenvalue weighted by atomic mass is 32.2. The van der Waals surface area contributed by atoms with Gasteiger partial charge >= 0.3 is 0 Å². The van der Waals surface area contributed by atoms with E-state index in [9.17, 15) is 0 Å². The first-order valence-electron chi connectivity index (χ1n) is 6.19. The molecule has 1 heterocycles. The van der Waals surface area contributed by atoms with Gasteiger partial charge in [-0.2, -0.15) is 11.8 Å². The Hall–Kier alpha value is 0.270. The number of hydrogen-bond donors (Lipinski definition) is 1. The summed E-state index contributed by atoms with van der Waals surface area (Å²) in [5, 5.41) is 0. The minimum Gasteiger partial charge on any atom is -0.327 e. The number of nitrogens with zero attached hydrogens (tertiary/aromatic N) is 1. The molecule has 2 nitrogen and oxygen atoms in total. The van der Waals surface area contributed by atoms with E-state index in [0.717, 1.165) is 6.04 Å². The second-order valence-corrected chi connectivity index (χ2v) is 6.70. The highest BCUT2D eigenvalue weighted by Crippen LogP contribution is 2.38. The predicted octanol–water partition coefficient (Wildman–Crippen LogP) is 1.94. The molecule has 2 N–H and O–H groups in total. The first-order chi connectivity index (χ1) is 7.12. The summed E-state index contributed by atoms with van der Waals surface area (Å²) < 4.78 is 0. The van der Waals surface area contributed by atoms with Crippen molar-refractivity contribution in [3.8, 4) is 0 Å². The van der Waals surface area contributed by atoms with Gasteiger partial charge in [-0.05, 0) is 25.2 Å². The number of nitrogens with two attached hydrogens (primary N) is 1. The predicted molar refractivity (Wildman–Crippen MR) is 68.3 cm³/mol. The Morgan fingerprint density at radius 1 is 1.53 bits per heavy atom. The van der Waals surface area contributed by atoms with E-state index in [2.05, 4.69) is 30.5 Å². The molecule has 15 heavy (non-hydrogen) atoms. The highest BCUT2D eigenvalue weighted by Gasteiger charge is 2.38. The molecular weight excluding hydrogens is 204 g/mol. The molecule has 2 fully saturated rings. The average molecular weight is 228 g/mol. The average Bonchev–Trinajstić information content (AvgIpc) is 2.51. The summed E-state index contributed by atoms with van der Waals surface area (Å²) in [6.45, 7) is 7.22. The van der Waals surface area contributed by atoms with Gasteiger partial charge in [-0.25, -0.2) is 0 Å². The third-order valence-electron chi connectivity index (χ3n) is 4.23.